The molecule has 0 unspecified atom stereocenters. The van der Waals surface area contributed by atoms with Crippen LogP contribution in [-0.2, 0) is 35.9 Å². The summed E-state index contributed by atoms with van der Waals surface area (Å²) in [5.41, 5.74) is 6.71. The molecular weight excluding hydrogens is 450 g/mol. The fourth-order valence-electron chi connectivity index (χ4n) is 3.95. The Morgan fingerprint density at radius 1 is 0.528 bits per heavy atom. The van der Waals surface area contributed by atoms with E-state index >= 15 is 0 Å². The van der Waals surface area contributed by atoms with Crippen LogP contribution >= 0.6 is 0 Å². The van der Waals surface area contributed by atoms with Crippen LogP contribution in [0.4, 0.5) is 17.1 Å². The summed E-state index contributed by atoms with van der Waals surface area (Å²) in [6.07, 6.45) is 3.32. The summed E-state index contributed by atoms with van der Waals surface area (Å²) in [4.78, 5) is 2.25. The van der Waals surface area contributed by atoms with Crippen molar-refractivity contribution in [3.05, 3.63) is 138 Å². The first-order valence-corrected chi connectivity index (χ1v) is 12.0. The fraction of sp³-hybridized carbons (Fsp3) is 0.161. The lowest BCUT2D eigenvalue weighted by Crippen LogP contribution is -2.10. The average molecular weight is 480 g/mol. The summed E-state index contributed by atoms with van der Waals surface area (Å²) in [5.74, 6) is 1.65. The summed E-state index contributed by atoms with van der Waals surface area (Å²) in [6.45, 7) is 4.07. The van der Waals surface area contributed by atoms with Crippen LogP contribution in [0.2, 0.25) is 0 Å². The van der Waals surface area contributed by atoms with Gasteiger partial charge in [-0.2, -0.15) is 0 Å². The molecule has 2 heterocycles. The number of anilines is 3. The maximum Gasteiger partial charge on any atom is 0.129 e. The van der Waals surface area contributed by atoms with E-state index in [0.29, 0.717) is 26.4 Å². The number of hydrogen-bond acceptors (Lipinski definition) is 5. The Kier molecular flexibility index (Phi) is 7.61. The predicted octanol–water partition coefficient (Wildman–Crippen LogP) is 8.08. The Bertz CT molecular complexity index is 1220. The molecule has 0 aliphatic carbocycles. The van der Waals surface area contributed by atoms with Crippen LogP contribution in [0.3, 0.4) is 0 Å². The van der Waals surface area contributed by atoms with Gasteiger partial charge in [-0.1, -0.05) is 42.0 Å². The lowest BCUT2D eigenvalue weighted by Gasteiger charge is -2.26. The molecule has 5 aromatic rings. The van der Waals surface area contributed by atoms with Crippen LogP contribution in [0.15, 0.2) is 118 Å². The van der Waals surface area contributed by atoms with Gasteiger partial charge in [0.2, 0.25) is 0 Å². The quantitative estimate of drug-likeness (QED) is 0.192. The Labute approximate surface area is 211 Å². The summed E-state index contributed by atoms with van der Waals surface area (Å²) in [7, 11) is 0. The van der Waals surface area contributed by atoms with Crippen molar-refractivity contribution < 1.29 is 18.3 Å². The van der Waals surface area contributed by atoms with E-state index in [1.54, 1.807) is 12.5 Å². The molecule has 0 aliphatic rings. The van der Waals surface area contributed by atoms with Crippen molar-refractivity contribution in [3.63, 3.8) is 0 Å². The summed E-state index contributed by atoms with van der Waals surface area (Å²) < 4.78 is 22.2. The van der Waals surface area contributed by atoms with Crippen molar-refractivity contribution in [1.82, 2.24) is 0 Å². The van der Waals surface area contributed by atoms with Crippen LogP contribution in [0.25, 0.3) is 0 Å². The van der Waals surface area contributed by atoms with Crippen LogP contribution in [0.5, 0.6) is 0 Å². The van der Waals surface area contributed by atoms with Gasteiger partial charge in [0.05, 0.1) is 25.7 Å². The minimum Gasteiger partial charge on any atom is -0.467 e. The zero-order chi connectivity index (χ0) is 24.6. The fourth-order valence-corrected chi connectivity index (χ4v) is 3.95. The predicted molar refractivity (Wildman–Crippen MR) is 140 cm³/mol. The van der Waals surface area contributed by atoms with Gasteiger partial charge in [0.25, 0.3) is 0 Å². The molecule has 0 N–H and O–H groups in total. The Balaban J connectivity index is 1.29. The molecular formula is C31H29NO4. The smallest absolute Gasteiger partial charge is 0.129 e. The van der Waals surface area contributed by atoms with Gasteiger partial charge >= 0.3 is 0 Å². The van der Waals surface area contributed by atoms with Crippen LogP contribution in [-0.4, -0.2) is 0 Å². The lowest BCUT2D eigenvalue weighted by molar-refractivity contribution is 0.0929. The number of furan rings is 2. The molecule has 5 nitrogen and oxygen atoms in total. The molecule has 2 aromatic heterocycles. The second kappa shape index (κ2) is 11.6. The molecule has 0 amide bonds. The second-order valence-corrected chi connectivity index (χ2v) is 8.65. The van der Waals surface area contributed by atoms with E-state index in [4.69, 9.17) is 18.3 Å². The molecule has 0 radical (unpaired) electrons. The van der Waals surface area contributed by atoms with E-state index in [0.717, 1.165) is 39.7 Å². The first-order valence-electron chi connectivity index (χ1n) is 12.0. The van der Waals surface area contributed by atoms with Crippen molar-refractivity contribution in [2.45, 2.75) is 33.4 Å². The van der Waals surface area contributed by atoms with Gasteiger partial charge in [-0.25, -0.2) is 0 Å². The maximum absolute atomic E-state index is 5.79. The molecule has 182 valence electrons. The van der Waals surface area contributed by atoms with Gasteiger partial charge in [0, 0.05) is 17.1 Å². The largest absolute Gasteiger partial charge is 0.467 e. The Morgan fingerprint density at radius 3 is 1.33 bits per heavy atom. The third kappa shape index (κ3) is 6.13. The van der Waals surface area contributed by atoms with Crippen molar-refractivity contribution in [2.24, 2.45) is 0 Å². The number of nitrogens with zero attached hydrogens (tertiary/aromatic N) is 1. The standard InChI is InChI=1S/C31H29NO4/c1-24-6-12-27(13-7-24)32(28-14-8-25(9-15-28)20-33-22-30-4-2-18-35-30)29-16-10-26(11-17-29)21-34-23-31-5-3-19-36-31/h2-19H,20-23H2,1H3. The number of benzene rings is 3. The minimum absolute atomic E-state index is 0.460. The average Bonchev–Trinajstić information content (AvgIpc) is 3.62. The maximum atomic E-state index is 5.79. The highest BCUT2D eigenvalue weighted by Gasteiger charge is 2.13. The normalized spacial score (nSPS) is 11.0. The first kappa shape index (κ1) is 23.7. The summed E-state index contributed by atoms with van der Waals surface area (Å²) in [5, 5.41) is 0. The Morgan fingerprint density at radius 2 is 0.944 bits per heavy atom. The van der Waals surface area contributed by atoms with Crippen LogP contribution < -0.4 is 4.90 Å². The van der Waals surface area contributed by atoms with E-state index < -0.39 is 0 Å². The highest BCUT2D eigenvalue weighted by molar-refractivity contribution is 5.76. The molecule has 36 heavy (non-hydrogen) atoms. The van der Waals surface area contributed by atoms with E-state index in [1.165, 1.54) is 5.56 Å². The molecule has 5 rings (SSSR count). The van der Waals surface area contributed by atoms with Crippen molar-refractivity contribution >= 4 is 17.1 Å². The van der Waals surface area contributed by atoms with E-state index in [9.17, 15) is 0 Å². The molecule has 0 saturated carbocycles. The molecule has 0 spiro atoms. The van der Waals surface area contributed by atoms with Gasteiger partial charge in [0.1, 0.15) is 24.7 Å². The molecule has 0 atom stereocenters. The van der Waals surface area contributed by atoms with Crippen molar-refractivity contribution in [3.8, 4) is 0 Å². The molecule has 0 bridgehead atoms. The van der Waals surface area contributed by atoms with E-state index in [-0.39, 0.29) is 0 Å². The summed E-state index contributed by atoms with van der Waals surface area (Å²) in [6, 6.07) is 33.1. The summed E-state index contributed by atoms with van der Waals surface area (Å²) >= 11 is 0. The van der Waals surface area contributed by atoms with Gasteiger partial charge in [-0.15, -0.1) is 0 Å². The minimum atomic E-state index is 0.460. The number of aryl methyl sites for hydroxylation is 1. The molecule has 3 aromatic carbocycles. The van der Waals surface area contributed by atoms with E-state index in [1.807, 2.05) is 24.3 Å². The molecule has 0 saturated heterocycles. The lowest BCUT2D eigenvalue weighted by atomic mass is 10.1. The molecule has 0 fully saturated rings. The molecule has 5 heteroatoms. The van der Waals surface area contributed by atoms with Crippen molar-refractivity contribution in [2.75, 3.05) is 4.90 Å². The van der Waals surface area contributed by atoms with E-state index in [2.05, 4.69) is 84.6 Å². The Hall–Kier alpha value is -4.06. The molecule has 0 aliphatic heterocycles. The van der Waals surface area contributed by atoms with Gasteiger partial charge in [-0.3, -0.25) is 0 Å². The van der Waals surface area contributed by atoms with Gasteiger partial charge < -0.3 is 23.2 Å². The number of ether oxygens (including phenoxy) is 2. The second-order valence-electron chi connectivity index (χ2n) is 8.65. The van der Waals surface area contributed by atoms with Crippen molar-refractivity contribution in [1.29, 1.82) is 0 Å². The highest BCUT2D eigenvalue weighted by atomic mass is 16.5. The third-order valence-corrected chi connectivity index (χ3v) is 5.87. The van der Waals surface area contributed by atoms with Crippen LogP contribution in [0.1, 0.15) is 28.2 Å². The highest BCUT2D eigenvalue weighted by Crippen LogP contribution is 2.35. The van der Waals surface area contributed by atoms with Gasteiger partial charge in [0.15, 0.2) is 0 Å². The zero-order valence-corrected chi connectivity index (χ0v) is 20.3. The SMILES string of the molecule is Cc1ccc(N(c2ccc(COCc3ccco3)cc2)c2ccc(COCc3ccco3)cc2)cc1. The topological polar surface area (TPSA) is 48.0 Å². The van der Waals surface area contributed by atoms with Gasteiger partial charge in [-0.05, 0) is 78.7 Å². The third-order valence-electron chi connectivity index (χ3n) is 5.87. The number of rotatable bonds is 11. The van der Waals surface area contributed by atoms with Crippen LogP contribution in [0, 0.1) is 6.92 Å². The first-order chi connectivity index (χ1) is 17.7. The zero-order valence-electron chi connectivity index (χ0n) is 20.3. The number of hydrogen-bond donors (Lipinski definition) is 0. The monoisotopic (exact) mass is 479 g/mol.